The van der Waals surface area contributed by atoms with Gasteiger partial charge in [0.2, 0.25) is 0 Å². The molecule has 0 aliphatic carbocycles. The van der Waals surface area contributed by atoms with E-state index >= 15 is 0 Å². The van der Waals surface area contributed by atoms with Crippen LogP contribution in [0.3, 0.4) is 0 Å². The molecule has 0 atom stereocenters. The molecule has 0 saturated heterocycles. The van der Waals surface area contributed by atoms with Crippen molar-refractivity contribution in [3.8, 4) is 0 Å². The SMILES string of the molecule is CCCCc1c(C)ccc2ccc(C)cc12. The topological polar surface area (TPSA) is 0 Å². The van der Waals surface area contributed by atoms with Gasteiger partial charge in [-0.25, -0.2) is 0 Å². The van der Waals surface area contributed by atoms with Crippen molar-refractivity contribution in [2.24, 2.45) is 0 Å². The standard InChI is InChI=1S/C16H20/c1-4-5-6-15-13(3)8-10-14-9-7-12(2)11-16(14)15/h7-11H,4-6H2,1-3H3. The Hall–Kier alpha value is -1.30. The summed E-state index contributed by atoms with van der Waals surface area (Å²) >= 11 is 0. The fourth-order valence-electron chi connectivity index (χ4n) is 2.29. The molecule has 0 N–H and O–H groups in total. The summed E-state index contributed by atoms with van der Waals surface area (Å²) in [7, 11) is 0. The minimum atomic E-state index is 1.21. The van der Waals surface area contributed by atoms with E-state index in [2.05, 4.69) is 51.1 Å². The molecule has 0 aromatic heterocycles. The molecule has 16 heavy (non-hydrogen) atoms. The fraction of sp³-hybridized carbons (Fsp3) is 0.375. The van der Waals surface area contributed by atoms with Gasteiger partial charge >= 0.3 is 0 Å². The molecular formula is C16H20. The lowest BCUT2D eigenvalue weighted by Gasteiger charge is -2.10. The molecule has 0 heterocycles. The summed E-state index contributed by atoms with van der Waals surface area (Å²) in [5.41, 5.74) is 4.34. The highest BCUT2D eigenvalue weighted by atomic mass is 14.1. The minimum Gasteiger partial charge on any atom is -0.0654 e. The van der Waals surface area contributed by atoms with Gasteiger partial charge in [-0.3, -0.25) is 0 Å². The summed E-state index contributed by atoms with van der Waals surface area (Å²) in [5, 5.41) is 2.83. The van der Waals surface area contributed by atoms with Crippen molar-refractivity contribution in [3.05, 3.63) is 47.0 Å². The first-order valence-electron chi connectivity index (χ1n) is 6.21. The second-order valence-corrected chi connectivity index (χ2v) is 4.69. The van der Waals surface area contributed by atoms with Gasteiger partial charge in [0.05, 0.1) is 0 Å². The van der Waals surface area contributed by atoms with E-state index in [1.807, 2.05) is 0 Å². The van der Waals surface area contributed by atoms with Crippen LogP contribution in [0.25, 0.3) is 10.8 Å². The van der Waals surface area contributed by atoms with Crippen molar-refractivity contribution in [3.63, 3.8) is 0 Å². The zero-order valence-corrected chi connectivity index (χ0v) is 10.5. The molecule has 0 heteroatoms. The number of hydrogen-bond acceptors (Lipinski definition) is 0. The number of unbranched alkanes of at least 4 members (excludes halogenated alkanes) is 1. The Balaban J connectivity index is 2.58. The van der Waals surface area contributed by atoms with Crippen molar-refractivity contribution in [1.29, 1.82) is 0 Å². The second kappa shape index (κ2) is 4.69. The van der Waals surface area contributed by atoms with Crippen LogP contribution >= 0.6 is 0 Å². The van der Waals surface area contributed by atoms with Gasteiger partial charge < -0.3 is 0 Å². The Labute approximate surface area is 98.3 Å². The Morgan fingerprint density at radius 1 is 1.00 bits per heavy atom. The van der Waals surface area contributed by atoms with Crippen molar-refractivity contribution in [1.82, 2.24) is 0 Å². The number of fused-ring (bicyclic) bond motifs is 1. The third kappa shape index (κ3) is 2.11. The molecule has 0 aliphatic heterocycles. The number of hydrogen-bond donors (Lipinski definition) is 0. The van der Waals surface area contributed by atoms with Crippen LogP contribution in [-0.4, -0.2) is 0 Å². The third-order valence-electron chi connectivity index (χ3n) is 3.30. The zero-order valence-electron chi connectivity index (χ0n) is 10.5. The maximum Gasteiger partial charge on any atom is -0.0147 e. The van der Waals surface area contributed by atoms with Crippen LogP contribution in [0.15, 0.2) is 30.3 Å². The predicted molar refractivity (Wildman–Crippen MR) is 72.0 cm³/mol. The van der Waals surface area contributed by atoms with Gasteiger partial charge in [-0.05, 0) is 48.6 Å². The van der Waals surface area contributed by atoms with Crippen LogP contribution in [0.1, 0.15) is 36.5 Å². The molecular weight excluding hydrogens is 192 g/mol. The van der Waals surface area contributed by atoms with Crippen LogP contribution in [0, 0.1) is 13.8 Å². The molecule has 0 fully saturated rings. The summed E-state index contributed by atoms with van der Waals surface area (Å²) < 4.78 is 0. The normalized spacial score (nSPS) is 10.9. The van der Waals surface area contributed by atoms with E-state index in [9.17, 15) is 0 Å². The summed E-state index contributed by atoms with van der Waals surface area (Å²) in [6, 6.07) is 11.2. The fourth-order valence-corrected chi connectivity index (χ4v) is 2.29. The highest BCUT2D eigenvalue weighted by Crippen LogP contribution is 2.24. The maximum absolute atomic E-state index is 2.33. The average molecular weight is 212 g/mol. The van der Waals surface area contributed by atoms with Crippen molar-refractivity contribution < 1.29 is 0 Å². The summed E-state index contributed by atoms with van der Waals surface area (Å²) in [6.45, 7) is 6.66. The van der Waals surface area contributed by atoms with Crippen LogP contribution in [0.4, 0.5) is 0 Å². The molecule has 0 saturated carbocycles. The van der Waals surface area contributed by atoms with E-state index in [4.69, 9.17) is 0 Å². The second-order valence-electron chi connectivity index (χ2n) is 4.69. The number of benzene rings is 2. The zero-order chi connectivity index (χ0) is 11.5. The average Bonchev–Trinajstić information content (AvgIpc) is 2.28. The number of rotatable bonds is 3. The molecule has 0 amide bonds. The predicted octanol–water partition coefficient (Wildman–Crippen LogP) is 4.80. The van der Waals surface area contributed by atoms with Gasteiger partial charge in [0.15, 0.2) is 0 Å². The largest absolute Gasteiger partial charge is 0.0654 e. The summed E-state index contributed by atoms with van der Waals surface area (Å²) in [4.78, 5) is 0. The molecule has 0 unspecified atom stereocenters. The molecule has 84 valence electrons. The molecule has 0 spiro atoms. The first-order chi connectivity index (χ1) is 7.72. The lowest BCUT2D eigenvalue weighted by molar-refractivity contribution is 0.795. The Morgan fingerprint density at radius 3 is 2.50 bits per heavy atom. The van der Waals surface area contributed by atoms with Gasteiger partial charge in [-0.15, -0.1) is 0 Å². The molecule has 2 aromatic rings. The molecule has 2 rings (SSSR count). The van der Waals surface area contributed by atoms with Gasteiger partial charge in [-0.2, -0.15) is 0 Å². The van der Waals surface area contributed by atoms with Crippen LogP contribution in [0.5, 0.6) is 0 Å². The van der Waals surface area contributed by atoms with Crippen LogP contribution in [0.2, 0.25) is 0 Å². The van der Waals surface area contributed by atoms with Crippen LogP contribution in [-0.2, 0) is 6.42 Å². The van der Waals surface area contributed by atoms with E-state index in [0.29, 0.717) is 0 Å². The lowest BCUT2D eigenvalue weighted by atomic mass is 9.95. The third-order valence-corrected chi connectivity index (χ3v) is 3.30. The smallest absolute Gasteiger partial charge is 0.0147 e. The van der Waals surface area contributed by atoms with E-state index in [0.717, 1.165) is 0 Å². The quantitative estimate of drug-likeness (QED) is 0.685. The van der Waals surface area contributed by atoms with E-state index in [1.54, 1.807) is 5.56 Å². The summed E-state index contributed by atoms with van der Waals surface area (Å²) in [6.07, 6.45) is 3.76. The van der Waals surface area contributed by atoms with Crippen molar-refractivity contribution in [2.75, 3.05) is 0 Å². The minimum absolute atomic E-state index is 1.21. The van der Waals surface area contributed by atoms with Gasteiger partial charge in [0, 0.05) is 0 Å². The Bertz CT molecular complexity index is 489. The highest BCUT2D eigenvalue weighted by Gasteiger charge is 2.04. The molecule has 0 nitrogen and oxygen atoms in total. The van der Waals surface area contributed by atoms with Gasteiger partial charge in [0.25, 0.3) is 0 Å². The van der Waals surface area contributed by atoms with Gasteiger partial charge in [0.1, 0.15) is 0 Å². The van der Waals surface area contributed by atoms with E-state index in [1.165, 1.54) is 41.2 Å². The Kier molecular flexibility index (Phi) is 3.28. The van der Waals surface area contributed by atoms with E-state index in [-0.39, 0.29) is 0 Å². The summed E-state index contributed by atoms with van der Waals surface area (Å²) in [5.74, 6) is 0. The van der Waals surface area contributed by atoms with E-state index < -0.39 is 0 Å². The van der Waals surface area contributed by atoms with Crippen molar-refractivity contribution >= 4 is 10.8 Å². The molecule has 0 radical (unpaired) electrons. The highest BCUT2D eigenvalue weighted by molar-refractivity contribution is 5.87. The lowest BCUT2D eigenvalue weighted by Crippen LogP contribution is -1.92. The molecule has 0 aliphatic rings. The molecule has 2 aromatic carbocycles. The number of aryl methyl sites for hydroxylation is 3. The molecule has 0 bridgehead atoms. The first kappa shape index (κ1) is 11.2. The van der Waals surface area contributed by atoms with Crippen molar-refractivity contribution in [2.45, 2.75) is 40.0 Å². The first-order valence-corrected chi connectivity index (χ1v) is 6.21. The maximum atomic E-state index is 2.33. The van der Waals surface area contributed by atoms with Crippen LogP contribution < -0.4 is 0 Å². The monoisotopic (exact) mass is 212 g/mol. The Morgan fingerprint density at radius 2 is 1.75 bits per heavy atom. The van der Waals surface area contributed by atoms with Gasteiger partial charge in [-0.1, -0.05) is 49.2 Å².